The van der Waals surface area contributed by atoms with Gasteiger partial charge in [0, 0.05) is 6.54 Å². The molecule has 36 heavy (non-hydrogen) atoms. The fourth-order valence-electron chi connectivity index (χ4n) is 4.55. The summed E-state index contributed by atoms with van der Waals surface area (Å²) < 4.78 is 45.9. The van der Waals surface area contributed by atoms with Crippen LogP contribution in [-0.2, 0) is 5.54 Å². The van der Waals surface area contributed by atoms with Crippen molar-refractivity contribution in [1.82, 2.24) is 20.0 Å². The number of pyridine rings is 2. The van der Waals surface area contributed by atoms with Gasteiger partial charge in [-0.25, -0.2) is 23.5 Å². The van der Waals surface area contributed by atoms with Gasteiger partial charge in [0.05, 0.1) is 16.2 Å². The second-order valence-electron chi connectivity index (χ2n) is 8.96. The number of anilines is 1. The lowest BCUT2D eigenvalue weighted by molar-refractivity contribution is 0.102. The van der Waals surface area contributed by atoms with E-state index in [-0.39, 0.29) is 28.8 Å². The van der Waals surface area contributed by atoms with Crippen molar-refractivity contribution in [2.75, 3.05) is 18.7 Å². The molecular weight excluding hydrogens is 498 g/mol. The number of halogens is 2. The van der Waals surface area contributed by atoms with Crippen LogP contribution in [0.1, 0.15) is 43.4 Å². The summed E-state index contributed by atoms with van der Waals surface area (Å²) in [5, 5.41) is 13.6. The molecule has 1 fully saturated rings. The number of carbonyl (C=O) groups is 2. The molecule has 4 heterocycles. The fraction of sp³-hybridized carbons (Fsp3) is 0.409. The molecule has 14 heteroatoms. The first kappa shape index (κ1) is 25.7. The van der Waals surface area contributed by atoms with Gasteiger partial charge >= 0.3 is 6.09 Å². The van der Waals surface area contributed by atoms with Crippen LogP contribution >= 0.6 is 10.5 Å². The number of ether oxygens (including phenoxy) is 1. The number of alkyl halides is 1. The molecule has 0 aliphatic carbocycles. The number of fused-ring (bicyclic) bond motifs is 1. The molecule has 11 nitrogen and oxygen atoms in total. The SMILES string of the molecule is CC1(C)C(NC(=O)O)=N[C@](C)(c2nc(NC(=O)c3ccc(OCF)cn3)ccc2F)[C@H]2CCN[S@]21O. The van der Waals surface area contributed by atoms with Crippen LogP contribution in [0.2, 0.25) is 0 Å². The van der Waals surface area contributed by atoms with E-state index < -0.39 is 50.7 Å². The summed E-state index contributed by atoms with van der Waals surface area (Å²) in [6.07, 6.45) is 0.268. The summed E-state index contributed by atoms with van der Waals surface area (Å²) in [4.78, 5) is 37.0. The highest BCUT2D eigenvalue weighted by Crippen LogP contribution is 2.67. The third kappa shape index (κ3) is 4.24. The Balaban J connectivity index is 1.72. The van der Waals surface area contributed by atoms with E-state index in [0.29, 0.717) is 13.0 Å². The first-order valence-electron chi connectivity index (χ1n) is 10.9. The van der Waals surface area contributed by atoms with Crippen molar-refractivity contribution >= 4 is 34.1 Å². The number of carboxylic acid groups (broad SMARTS) is 1. The average molecular weight is 525 g/mol. The smallest absolute Gasteiger partial charge is 0.410 e. The minimum Gasteiger partial charge on any atom is -0.465 e. The Morgan fingerprint density at radius 1 is 1.25 bits per heavy atom. The minimum absolute atomic E-state index is 0.000725. The Morgan fingerprint density at radius 2 is 2.00 bits per heavy atom. The molecule has 0 spiro atoms. The van der Waals surface area contributed by atoms with Crippen molar-refractivity contribution in [3.8, 4) is 5.75 Å². The number of nitrogens with one attached hydrogen (secondary N) is 3. The predicted molar refractivity (Wildman–Crippen MR) is 130 cm³/mol. The number of hydrogen-bond acceptors (Lipinski definition) is 8. The summed E-state index contributed by atoms with van der Waals surface area (Å²) in [7, 11) is -2.73. The second kappa shape index (κ2) is 9.26. The second-order valence-corrected chi connectivity index (χ2v) is 12.1. The van der Waals surface area contributed by atoms with Gasteiger partial charge in [-0.2, -0.15) is 0 Å². The van der Waals surface area contributed by atoms with Gasteiger partial charge in [-0.15, -0.1) is 0 Å². The number of carbonyl (C=O) groups excluding carboxylic acids is 1. The number of rotatable bonds is 5. The van der Waals surface area contributed by atoms with Crippen LogP contribution in [0.15, 0.2) is 35.5 Å². The molecule has 2 aromatic rings. The van der Waals surface area contributed by atoms with Gasteiger partial charge in [0.2, 0.25) is 6.86 Å². The van der Waals surface area contributed by atoms with Gasteiger partial charge in [-0.1, -0.05) is 10.5 Å². The van der Waals surface area contributed by atoms with Gasteiger partial charge in [0.15, 0.2) is 0 Å². The fourth-order valence-corrected chi connectivity index (χ4v) is 7.93. The Bertz CT molecular complexity index is 1230. The molecule has 194 valence electrons. The van der Waals surface area contributed by atoms with E-state index in [2.05, 4.69) is 35.1 Å². The van der Waals surface area contributed by atoms with Gasteiger partial charge in [-0.3, -0.25) is 19.8 Å². The highest BCUT2D eigenvalue weighted by molar-refractivity contribution is 8.29. The van der Waals surface area contributed by atoms with Crippen LogP contribution in [0, 0.1) is 5.82 Å². The number of hydrogen-bond donors (Lipinski definition) is 5. The molecule has 2 aromatic heterocycles. The van der Waals surface area contributed by atoms with Crippen LogP contribution in [-0.4, -0.2) is 60.9 Å². The third-order valence-electron chi connectivity index (χ3n) is 6.44. The van der Waals surface area contributed by atoms with E-state index in [1.54, 1.807) is 20.8 Å². The van der Waals surface area contributed by atoms with Crippen LogP contribution in [0.25, 0.3) is 0 Å². The summed E-state index contributed by atoms with van der Waals surface area (Å²) in [5.41, 5.74) is -1.61. The van der Waals surface area contributed by atoms with Crippen molar-refractivity contribution in [2.24, 2.45) is 4.99 Å². The van der Waals surface area contributed by atoms with E-state index in [0.717, 1.165) is 6.07 Å². The van der Waals surface area contributed by atoms with Crippen molar-refractivity contribution in [1.29, 1.82) is 0 Å². The average Bonchev–Trinajstić information content (AvgIpc) is 3.24. The number of aliphatic imine (C=N–C) groups is 1. The lowest BCUT2D eigenvalue weighted by Crippen LogP contribution is -2.59. The lowest BCUT2D eigenvalue weighted by atomic mass is 9.89. The number of aromatic nitrogens is 2. The highest BCUT2D eigenvalue weighted by atomic mass is 32.3. The predicted octanol–water partition coefficient (Wildman–Crippen LogP) is 3.40. The topological polar surface area (TPSA) is 158 Å². The quantitative estimate of drug-likeness (QED) is 0.398. The van der Waals surface area contributed by atoms with Crippen molar-refractivity contribution in [3.63, 3.8) is 0 Å². The first-order chi connectivity index (χ1) is 16.9. The Hall–Kier alpha value is -3.36. The van der Waals surface area contributed by atoms with E-state index >= 15 is 4.39 Å². The van der Waals surface area contributed by atoms with Crippen molar-refractivity contribution in [3.05, 3.63) is 47.7 Å². The molecule has 0 unspecified atom stereocenters. The van der Waals surface area contributed by atoms with Crippen molar-refractivity contribution in [2.45, 2.75) is 42.7 Å². The molecule has 2 amide bonds. The number of nitrogens with zero attached hydrogens (tertiary/aromatic N) is 3. The molecule has 5 N–H and O–H groups in total. The zero-order chi connectivity index (χ0) is 26.3. The van der Waals surface area contributed by atoms with Crippen LogP contribution in [0.3, 0.4) is 0 Å². The maximum absolute atomic E-state index is 15.2. The summed E-state index contributed by atoms with van der Waals surface area (Å²) in [6.45, 7) is 4.34. The Morgan fingerprint density at radius 3 is 2.64 bits per heavy atom. The number of amides is 2. The monoisotopic (exact) mass is 524 g/mol. The molecule has 4 rings (SSSR count). The molecule has 1 saturated heterocycles. The maximum atomic E-state index is 15.2. The van der Waals surface area contributed by atoms with Gasteiger partial charge in [0.25, 0.3) is 5.91 Å². The molecule has 2 aliphatic rings. The molecule has 0 radical (unpaired) electrons. The van der Waals surface area contributed by atoms with E-state index in [1.807, 2.05) is 0 Å². The Kier molecular flexibility index (Phi) is 6.62. The zero-order valence-electron chi connectivity index (χ0n) is 19.7. The summed E-state index contributed by atoms with van der Waals surface area (Å²) >= 11 is 0. The highest BCUT2D eigenvalue weighted by Gasteiger charge is 2.62. The van der Waals surface area contributed by atoms with Crippen LogP contribution in [0.4, 0.5) is 19.4 Å². The lowest BCUT2D eigenvalue weighted by Gasteiger charge is -2.56. The zero-order valence-corrected chi connectivity index (χ0v) is 20.5. The molecule has 2 aliphatic heterocycles. The van der Waals surface area contributed by atoms with Gasteiger partial charge in [-0.05, 0) is 51.5 Å². The third-order valence-corrected chi connectivity index (χ3v) is 10.4. The molecular formula is C22H26F2N6O5S. The molecule has 0 bridgehead atoms. The van der Waals surface area contributed by atoms with Crippen LogP contribution in [0.5, 0.6) is 5.75 Å². The molecule has 3 atom stereocenters. The number of amidine groups is 1. The summed E-state index contributed by atoms with van der Waals surface area (Å²) in [6, 6.07) is 5.08. The largest absolute Gasteiger partial charge is 0.465 e. The summed E-state index contributed by atoms with van der Waals surface area (Å²) in [5.74, 6) is -1.25. The Labute approximate surface area is 207 Å². The standard InChI is InChI=1S/C22H26F2N6O5S/c1-21(2)19(29-20(32)33)30-22(3,15-8-9-26-36(15,21)34)17-13(24)5-7-16(27-17)28-18(31)14-6-4-12(10-25-14)35-11-23/h4-7,10,15,26,34H,8-9,11H2,1-3H3,(H,29,30)(H,32,33)(H,27,28,31)/t15-,22+/m1/s1. The van der Waals surface area contributed by atoms with Gasteiger partial charge in [0.1, 0.15) is 40.1 Å². The normalized spacial score (nSPS) is 26.5. The van der Waals surface area contributed by atoms with E-state index in [9.17, 15) is 23.6 Å². The molecule has 0 saturated carbocycles. The van der Waals surface area contributed by atoms with Crippen LogP contribution < -0.4 is 20.1 Å². The minimum atomic E-state index is -2.73. The maximum Gasteiger partial charge on any atom is 0.410 e. The van der Waals surface area contributed by atoms with Gasteiger partial charge < -0.3 is 19.7 Å². The van der Waals surface area contributed by atoms with E-state index in [4.69, 9.17) is 0 Å². The van der Waals surface area contributed by atoms with E-state index in [1.165, 1.54) is 24.4 Å². The molecule has 0 aromatic carbocycles. The van der Waals surface area contributed by atoms with Crippen molar-refractivity contribution < 1.29 is 32.8 Å². The first-order valence-corrected chi connectivity index (χ1v) is 12.6.